The number of imidazole rings is 1. The van der Waals surface area contributed by atoms with Crippen LogP contribution in [0, 0.1) is 11.3 Å². The Hall–Kier alpha value is -1.12. The van der Waals surface area contributed by atoms with Crippen LogP contribution >= 0.6 is 0 Å². The lowest BCUT2D eigenvalue weighted by Crippen LogP contribution is -2.29. The average Bonchev–Trinajstić information content (AvgIpc) is 2.70. The van der Waals surface area contributed by atoms with E-state index in [2.05, 4.69) is 30.7 Å². The number of H-pyrrole nitrogens is 1. The van der Waals surface area contributed by atoms with Crippen LogP contribution in [0.4, 0.5) is 0 Å². The zero-order valence-electron chi connectivity index (χ0n) is 10.3. The quantitative estimate of drug-likeness (QED) is 0.796. The van der Waals surface area contributed by atoms with Gasteiger partial charge in [0.2, 0.25) is 0 Å². The Kier molecular flexibility index (Phi) is 2.87. The molecule has 2 rings (SSSR count). The molecule has 0 aliphatic heterocycles. The van der Waals surface area contributed by atoms with Gasteiger partial charge in [-0.25, -0.2) is 4.98 Å². The molecule has 1 aromatic rings. The van der Waals surface area contributed by atoms with E-state index in [0.717, 1.165) is 24.8 Å². The zero-order valence-corrected chi connectivity index (χ0v) is 10.3. The maximum Gasteiger partial charge on any atom is 0.185 e. The van der Waals surface area contributed by atoms with E-state index in [0.29, 0.717) is 17.2 Å². The number of aryl methyl sites for hydroxylation is 1. The van der Waals surface area contributed by atoms with E-state index >= 15 is 0 Å². The lowest BCUT2D eigenvalue weighted by Gasteiger charge is -2.35. The molecule has 0 aromatic carbocycles. The topological polar surface area (TPSA) is 45.8 Å². The fourth-order valence-corrected chi connectivity index (χ4v) is 2.51. The van der Waals surface area contributed by atoms with Crippen LogP contribution in [0.2, 0.25) is 0 Å². The summed E-state index contributed by atoms with van der Waals surface area (Å²) in [7, 11) is 0. The average molecular weight is 220 g/mol. The number of aldehydes is 1. The summed E-state index contributed by atoms with van der Waals surface area (Å²) < 4.78 is 0. The maximum absolute atomic E-state index is 10.7. The minimum atomic E-state index is 0.379. The second kappa shape index (κ2) is 4.04. The van der Waals surface area contributed by atoms with E-state index < -0.39 is 0 Å². The summed E-state index contributed by atoms with van der Waals surface area (Å²) in [5.74, 6) is 1.19. The molecule has 0 amide bonds. The van der Waals surface area contributed by atoms with Crippen molar-refractivity contribution in [1.82, 2.24) is 9.97 Å². The normalized spacial score (nSPS) is 20.6. The molecule has 0 spiro atoms. The Morgan fingerprint density at radius 3 is 2.94 bits per heavy atom. The molecule has 0 saturated carbocycles. The van der Waals surface area contributed by atoms with Gasteiger partial charge in [-0.15, -0.1) is 0 Å². The standard InChI is InChI=1S/C13H20N2O/c1-4-13(2,3)9-5-6-10-11(7-9)15-12(8-16)14-10/h8-9H,4-7H2,1-3H3,(H,14,15). The number of aromatic amines is 1. The minimum absolute atomic E-state index is 0.379. The van der Waals surface area contributed by atoms with Crippen LogP contribution in [0.3, 0.4) is 0 Å². The highest BCUT2D eigenvalue weighted by Gasteiger charge is 2.32. The van der Waals surface area contributed by atoms with Gasteiger partial charge < -0.3 is 4.98 Å². The molecule has 0 bridgehead atoms. The summed E-state index contributed by atoms with van der Waals surface area (Å²) >= 11 is 0. The van der Waals surface area contributed by atoms with Gasteiger partial charge in [-0.1, -0.05) is 27.2 Å². The van der Waals surface area contributed by atoms with E-state index in [1.165, 1.54) is 18.5 Å². The number of hydrogen-bond acceptors (Lipinski definition) is 2. The van der Waals surface area contributed by atoms with Crippen LogP contribution in [-0.4, -0.2) is 16.3 Å². The molecule has 3 nitrogen and oxygen atoms in total. The van der Waals surface area contributed by atoms with Crippen molar-refractivity contribution in [2.75, 3.05) is 0 Å². The summed E-state index contributed by atoms with van der Waals surface area (Å²) in [6.07, 6.45) is 5.24. The van der Waals surface area contributed by atoms with Gasteiger partial charge in [0.1, 0.15) is 0 Å². The lowest BCUT2D eigenvalue weighted by molar-refractivity contribution is 0.111. The van der Waals surface area contributed by atoms with Gasteiger partial charge in [0.15, 0.2) is 12.1 Å². The first-order valence-corrected chi connectivity index (χ1v) is 6.09. The van der Waals surface area contributed by atoms with Crippen LogP contribution in [-0.2, 0) is 12.8 Å². The summed E-state index contributed by atoms with van der Waals surface area (Å²) in [6, 6.07) is 0. The van der Waals surface area contributed by atoms with Gasteiger partial charge in [0.05, 0.1) is 5.69 Å². The fraction of sp³-hybridized carbons (Fsp3) is 0.692. The monoisotopic (exact) mass is 220 g/mol. The van der Waals surface area contributed by atoms with Crippen molar-refractivity contribution < 1.29 is 4.79 Å². The lowest BCUT2D eigenvalue weighted by atomic mass is 9.70. The molecule has 1 aromatic heterocycles. The third kappa shape index (κ3) is 1.91. The number of nitrogens with one attached hydrogen (secondary N) is 1. The van der Waals surface area contributed by atoms with E-state index in [4.69, 9.17) is 0 Å². The van der Waals surface area contributed by atoms with Gasteiger partial charge in [0, 0.05) is 5.69 Å². The number of carbonyl (C=O) groups is 1. The highest BCUT2D eigenvalue weighted by Crippen LogP contribution is 2.38. The number of carbonyl (C=O) groups excluding carboxylic acids is 1. The Bertz CT molecular complexity index is 393. The molecule has 1 aliphatic carbocycles. The third-order valence-electron chi connectivity index (χ3n) is 4.19. The second-order valence-corrected chi connectivity index (χ2v) is 5.45. The Morgan fingerprint density at radius 1 is 1.56 bits per heavy atom. The number of hydrogen-bond donors (Lipinski definition) is 1. The molecule has 88 valence electrons. The smallest absolute Gasteiger partial charge is 0.185 e. The van der Waals surface area contributed by atoms with Crippen molar-refractivity contribution >= 4 is 6.29 Å². The van der Waals surface area contributed by atoms with Crippen molar-refractivity contribution in [1.29, 1.82) is 0 Å². The van der Waals surface area contributed by atoms with Crippen LogP contribution in [0.1, 0.15) is 55.6 Å². The van der Waals surface area contributed by atoms with E-state index in [1.807, 2.05) is 0 Å². The van der Waals surface area contributed by atoms with Crippen molar-refractivity contribution in [2.24, 2.45) is 11.3 Å². The molecule has 16 heavy (non-hydrogen) atoms. The maximum atomic E-state index is 10.7. The Balaban J connectivity index is 2.20. The minimum Gasteiger partial charge on any atom is -0.339 e. The highest BCUT2D eigenvalue weighted by atomic mass is 16.1. The van der Waals surface area contributed by atoms with Gasteiger partial charge in [-0.05, 0) is 30.6 Å². The number of fused-ring (bicyclic) bond motifs is 1. The first-order chi connectivity index (χ1) is 7.56. The molecule has 1 unspecified atom stereocenters. The van der Waals surface area contributed by atoms with Gasteiger partial charge in [-0.3, -0.25) is 4.79 Å². The van der Waals surface area contributed by atoms with Crippen LogP contribution < -0.4 is 0 Å². The van der Waals surface area contributed by atoms with Crippen LogP contribution in [0.5, 0.6) is 0 Å². The second-order valence-electron chi connectivity index (χ2n) is 5.45. The molecular weight excluding hydrogens is 200 g/mol. The van der Waals surface area contributed by atoms with Crippen molar-refractivity contribution in [3.05, 3.63) is 17.2 Å². The molecule has 0 radical (unpaired) electrons. The van der Waals surface area contributed by atoms with Crippen molar-refractivity contribution in [2.45, 2.75) is 46.5 Å². The summed E-state index contributed by atoms with van der Waals surface area (Å²) in [5, 5.41) is 0. The largest absolute Gasteiger partial charge is 0.339 e. The predicted molar refractivity (Wildman–Crippen MR) is 63.6 cm³/mol. The van der Waals surface area contributed by atoms with E-state index in [-0.39, 0.29) is 0 Å². The molecule has 1 aliphatic rings. The van der Waals surface area contributed by atoms with Crippen molar-refractivity contribution in [3.8, 4) is 0 Å². The molecule has 0 fully saturated rings. The van der Waals surface area contributed by atoms with E-state index in [9.17, 15) is 4.79 Å². The summed E-state index contributed by atoms with van der Waals surface area (Å²) in [4.78, 5) is 18.1. The Labute approximate surface area is 96.7 Å². The fourth-order valence-electron chi connectivity index (χ4n) is 2.51. The highest BCUT2D eigenvalue weighted by molar-refractivity contribution is 5.69. The molecule has 1 atom stereocenters. The first-order valence-electron chi connectivity index (χ1n) is 6.09. The van der Waals surface area contributed by atoms with E-state index in [1.54, 1.807) is 0 Å². The predicted octanol–water partition coefficient (Wildman–Crippen LogP) is 2.76. The summed E-state index contributed by atoms with van der Waals surface area (Å²) in [5.41, 5.74) is 2.66. The number of nitrogens with zero attached hydrogens (tertiary/aromatic N) is 1. The number of rotatable bonds is 3. The Morgan fingerprint density at radius 2 is 2.31 bits per heavy atom. The van der Waals surface area contributed by atoms with Crippen LogP contribution in [0.25, 0.3) is 0 Å². The molecule has 1 N–H and O–H groups in total. The first kappa shape index (κ1) is 11.4. The third-order valence-corrected chi connectivity index (χ3v) is 4.19. The molecule has 0 saturated heterocycles. The SMILES string of the molecule is CCC(C)(C)C1CCc2nc(C=O)[nH]c2C1. The van der Waals surface area contributed by atoms with Crippen LogP contribution in [0.15, 0.2) is 0 Å². The molecular formula is C13H20N2O. The van der Waals surface area contributed by atoms with Gasteiger partial charge in [-0.2, -0.15) is 0 Å². The zero-order chi connectivity index (χ0) is 11.8. The number of aromatic nitrogens is 2. The van der Waals surface area contributed by atoms with Crippen molar-refractivity contribution in [3.63, 3.8) is 0 Å². The molecule has 1 heterocycles. The summed E-state index contributed by atoms with van der Waals surface area (Å²) in [6.45, 7) is 6.92. The van der Waals surface area contributed by atoms with Gasteiger partial charge in [0.25, 0.3) is 0 Å². The molecule has 3 heteroatoms. The van der Waals surface area contributed by atoms with Gasteiger partial charge >= 0.3 is 0 Å².